The number of benzene rings is 1. The maximum Gasteiger partial charge on any atom is 0.246 e. The molecular weight excluding hydrogens is 236 g/mol. The summed E-state index contributed by atoms with van der Waals surface area (Å²) in [6.07, 6.45) is 0. The van der Waals surface area contributed by atoms with Crippen LogP contribution in [0.25, 0.3) is 0 Å². The zero-order chi connectivity index (χ0) is 14.2. The Hall–Kier alpha value is -1.35. The average molecular weight is 260 g/mol. The molecule has 1 aromatic carbocycles. The van der Waals surface area contributed by atoms with Crippen molar-refractivity contribution >= 4 is 11.6 Å². The summed E-state index contributed by atoms with van der Waals surface area (Å²) >= 11 is 0. The fourth-order valence-electron chi connectivity index (χ4n) is 2.54. The lowest BCUT2D eigenvalue weighted by Gasteiger charge is -2.30. The summed E-state index contributed by atoms with van der Waals surface area (Å²) in [7, 11) is 0. The quantitative estimate of drug-likeness (QED) is 0.842. The van der Waals surface area contributed by atoms with Crippen molar-refractivity contribution in [2.45, 2.75) is 40.2 Å². The Morgan fingerprint density at radius 3 is 2.68 bits per heavy atom. The number of nitrogens with one attached hydrogen (secondary N) is 1. The molecule has 1 heterocycles. The van der Waals surface area contributed by atoms with Crippen LogP contribution in [-0.4, -0.2) is 24.5 Å². The first-order chi connectivity index (χ1) is 8.83. The maximum absolute atomic E-state index is 12.7. The maximum atomic E-state index is 12.7. The average Bonchev–Trinajstić information content (AvgIpc) is 2.45. The molecule has 3 heteroatoms. The molecule has 1 N–H and O–H groups in total. The molecule has 0 aromatic heterocycles. The van der Waals surface area contributed by atoms with E-state index in [2.05, 4.69) is 32.2 Å². The highest BCUT2D eigenvalue weighted by atomic mass is 16.2. The van der Waals surface area contributed by atoms with Gasteiger partial charge < -0.3 is 10.2 Å². The van der Waals surface area contributed by atoms with Crippen LogP contribution in [0.1, 0.15) is 31.9 Å². The van der Waals surface area contributed by atoms with E-state index in [4.69, 9.17) is 0 Å². The topological polar surface area (TPSA) is 32.3 Å². The number of nitrogens with zero attached hydrogens (tertiary/aromatic N) is 1. The minimum atomic E-state index is -0.499. The zero-order valence-electron chi connectivity index (χ0n) is 12.6. The second-order valence-corrected chi connectivity index (χ2v) is 6.25. The van der Waals surface area contributed by atoms with E-state index >= 15 is 0 Å². The van der Waals surface area contributed by atoms with Crippen molar-refractivity contribution in [3.8, 4) is 0 Å². The molecule has 1 aliphatic heterocycles. The van der Waals surface area contributed by atoms with Gasteiger partial charge in [0, 0.05) is 18.8 Å². The van der Waals surface area contributed by atoms with Gasteiger partial charge in [0.15, 0.2) is 0 Å². The van der Waals surface area contributed by atoms with Crippen LogP contribution in [-0.2, 0) is 4.79 Å². The molecule has 1 aliphatic rings. The van der Waals surface area contributed by atoms with E-state index in [0.29, 0.717) is 5.92 Å². The third-order valence-corrected chi connectivity index (χ3v) is 4.03. The molecule has 2 rings (SSSR count). The largest absolute Gasteiger partial charge is 0.310 e. The van der Waals surface area contributed by atoms with Gasteiger partial charge in [-0.3, -0.25) is 4.79 Å². The normalized spacial score (nSPS) is 23.3. The Labute approximate surface area is 116 Å². The van der Waals surface area contributed by atoms with Gasteiger partial charge in [-0.25, -0.2) is 0 Å². The minimum Gasteiger partial charge on any atom is -0.310 e. The summed E-state index contributed by atoms with van der Waals surface area (Å²) in [4.78, 5) is 14.7. The third kappa shape index (κ3) is 2.66. The first-order valence-electron chi connectivity index (χ1n) is 6.96. The second-order valence-electron chi connectivity index (χ2n) is 6.25. The molecule has 104 valence electrons. The lowest BCUT2D eigenvalue weighted by molar-refractivity contribution is -0.123. The summed E-state index contributed by atoms with van der Waals surface area (Å²) in [5, 5.41) is 3.36. The van der Waals surface area contributed by atoms with E-state index in [0.717, 1.165) is 18.8 Å². The number of carbonyl (C=O) groups is 1. The smallest absolute Gasteiger partial charge is 0.246 e. The van der Waals surface area contributed by atoms with Crippen molar-refractivity contribution in [3.63, 3.8) is 0 Å². The van der Waals surface area contributed by atoms with Crippen LogP contribution in [0.4, 0.5) is 5.69 Å². The Morgan fingerprint density at radius 2 is 2.00 bits per heavy atom. The van der Waals surface area contributed by atoms with Crippen molar-refractivity contribution in [2.24, 2.45) is 5.92 Å². The fourth-order valence-corrected chi connectivity index (χ4v) is 2.54. The molecule has 0 aliphatic carbocycles. The zero-order valence-corrected chi connectivity index (χ0v) is 12.6. The summed E-state index contributed by atoms with van der Waals surface area (Å²) < 4.78 is 0. The van der Waals surface area contributed by atoms with Gasteiger partial charge in [0.1, 0.15) is 0 Å². The predicted molar refractivity (Wildman–Crippen MR) is 79.5 cm³/mol. The minimum absolute atomic E-state index is 0.158. The molecule has 0 saturated carbocycles. The highest BCUT2D eigenvalue weighted by Crippen LogP contribution is 2.27. The van der Waals surface area contributed by atoms with Crippen LogP contribution in [0.3, 0.4) is 0 Å². The molecule has 1 atom stereocenters. The monoisotopic (exact) mass is 260 g/mol. The number of hydrogen-bond acceptors (Lipinski definition) is 2. The van der Waals surface area contributed by atoms with Gasteiger partial charge in [-0.1, -0.05) is 19.1 Å². The summed E-state index contributed by atoms with van der Waals surface area (Å²) in [5.74, 6) is 0.608. The molecule has 0 spiro atoms. The van der Waals surface area contributed by atoms with E-state index < -0.39 is 5.54 Å². The Morgan fingerprint density at radius 1 is 1.32 bits per heavy atom. The lowest BCUT2D eigenvalue weighted by Crippen LogP contribution is -2.52. The van der Waals surface area contributed by atoms with Crippen molar-refractivity contribution in [3.05, 3.63) is 29.3 Å². The molecule has 0 radical (unpaired) electrons. The Balaban J connectivity index is 2.46. The predicted octanol–water partition coefficient (Wildman–Crippen LogP) is 2.65. The van der Waals surface area contributed by atoms with Crippen LogP contribution < -0.4 is 10.2 Å². The molecule has 1 unspecified atom stereocenters. The second kappa shape index (κ2) is 4.97. The summed E-state index contributed by atoms with van der Waals surface area (Å²) in [6, 6.07) is 6.17. The number of aryl methyl sites for hydroxylation is 1. The van der Waals surface area contributed by atoms with Crippen molar-refractivity contribution in [1.29, 1.82) is 0 Å². The van der Waals surface area contributed by atoms with Gasteiger partial charge >= 0.3 is 0 Å². The summed E-state index contributed by atoms with van der Waals surface area (Å²) in [6.45, 7) is 11.9. The van der Waals surface area contributed by atoms with E-state index in [1.807, 2.05) is 30.9 Å². The van der Waals surface area contributed by atoms with Gasteiger partial charge in [0.05, 0.1) is 5.54 Å². The van der Waals surface area contributed by atoms with E-state index in [1.54, 1.807) is 0 Å². The SMILES string of the molecule is Cc1cccc(N2CC(C)CNC(C)(C)C2=O)c1C. The fraction of sp³-hybridized carbons (Fsp3) is 0.562. The Bertz CT molecular complexity index is 494. The Kier molecular flexibility index (Phi) is 3.68. The number of anilines is 1. The van der Waals surface area contributed by atoms with Crippen molar-refractivity contribution < 1.29 is 4.79 Å². The number of rotatable bonds is 1. The van der Waals surface area contributed by atoms with Crippen LogP contribution in [0.2, 0.25) is 0 Å². The van der Waals surface area contributed by atoms with Gasteiger partial charge in [0.25, 0.3) is 0 Å². The standard InChI is InChI=1S/C16H24N2O/c1-11-9-17-16(4,5)15(19)18(10-11)14-8-6-7-12(2)13(14)3/h6-8,11,17H,9-10H2,1-5H3. The van der Waals surface area contributed by atoms with Crippen molar-refractivity contribution in [2.75, 3.05) is 18.0 Å². The van der Waals surface area contributed by atoms with Gasteiger partial charge in [-0.15, -0.1) is 0 Å². The molecule has 0 bridgehead atoms. The molecule has 1 amide bonds. The molecule has 1 aromatic rings. The molecule has 1 fully saturated rings. The van der Waals surface area contributed by atoms with Crippen LogP contribution in [0.15, 0.2) is 18.2 Å². The highest BCUT2D eigenvalue weighted by Gasteiger charge is 2.36. The first-order valence-corrected chi connectivity index (χ1v) is 6.96. The molecule has 1 saturated heterocycles. The van der Waals surface area contributed by atoms with Gasteiger partial charge in [-0.05, 0) is 50.8 Å². The van der Waals surface area contributed by atoms with E-state index in [-0.39, 0.29) is 5.91 Å². The molecule has 19 heavy (non-hydrogen) atoms. The van der Waals surface area contributed by atoms with E-state index in [1.165, 1.54) is 11.1 Å². The highest BCUT2D eigenvalue weighted by molar-refractivity contribution is 6.00. The van der Waals surface area contributed by atoms with Gasteiger partial charge in [-0.2, -0.15) is 0 Å². The van der Waals surface area contributed by atoms with Crippen molar-refractivity contribution in [1.82, 2.24) is 5.32 Å². The van der Waals surface area contributed by atoms with Gasteiger partial charge in [0.2, 0.25) is 5.91 Å². The number of carbonyl (C=O) groups excluding carboxylic acids is 1. The third-order valence-electron chi connectivity index (χ3n) is 4.03. The van der Waals surface area contributed by atoms with Crippen LogP contribution >= 0.6 is 0 Å². The van der Waals surface area contributed by atoms with E-state index in [9.17, 15) is 4.79 Å². The summed E-state index contributed by atoms with van der Waals surface area (Å²) in [5.41, 5.74) is 2.98. The number of amides is 1. The van der Waals surface area contributed by atoms with Crippen LogP contribution in [0.5, 0.6) is 0 Å². The molecule has 3 nitrogen and oxygen atoms in total. The first kappa shape index (κ1) is 14.1. The lowest BCUT2D eigenvalue weighted by atomic mass is 10.0. The molecular formula is C16H24N2O. The number of hydrogen-bond donors (Lipinski definition) is 1. The van der Waals surface area contributed by atoms with Crippen LogP contribution in [0, 0.1) is 19.8 Å².